The van der Waals surface area contributed by atoms with Gasteiger partial charge in [-0.3, -0.25) is 4.90 Å². The minimum atomic E-state index is 0.404. The molecule has 88 valence electrons. The number of hydrogen-bond acceptors (Lipinski definition) is 2. The summed E-state index contributed by atoms with van der Waals surface area (Å²) in [6.45, 7) is 5.46. The molecule has 0 spiro atoms. The number of phenolic OH excluding ortho intramolecular Hbond substituents is 1. The van der Waals surface area contributed by atoms with Crippen LogP contribution in [-0.2, 0) is 6.54 Å². The highest BCUT2D eigenvalue weighted by molar-refractivity contribution is 9.10. The Morgan fingerprint density at radius 2 is 2.06 bits per heavy atom. The lowest BCUT2D eigenvalue weighted by Gasteiger charge is -2.30. The fourth-order valence-electron chi connectivity index (χ4n) is 2.14. The van der Waals surface area contributed by atoms with E-state index >= 15 is 0 Å². The molecule has 1 aliphatic rings. The van der Waals surface area contributed by atoms with Crippen molar-refractivity contribution >= 4 is 15.9 Å². The van der Waals surface area contributed by atoms with E-state index in [1.54, 1.807) is 6.07 Å². The molecule has 1 heterocycles. The molecule has 1 N–H and O–H groups in total. The van der Waals surface area contributed by atoms with Crippen molar-refractivity contribution in [1.82, 2.24) is 4.90 Å². The van der Waals surface area contributed by atoms with Gasteiger partial charge >= 0.3 is 0 Å². The van der Waals surface area contributed by atoms with E-state index in [9.17, 15) is 5.11 Å². The van der Waals surface area contributed by atoms with Crippen LogP contribution in [0.15, 0.2) is 22.7 Å². The number of benzene rings is 1. The summed E-state index contributed by atoms with van der Waals surface area (Å²) in [5.74, 6) is 1.26. The van der Waals surface area contributed by atoms with E-state index in [0.717, 1.165) is 35.6 Å². The molecule has 0 atom stereocenters. The minimum Gasteiger partial charge on any atom is -0.508 e. The van der Waals surface area contributed by atoms with Crippen molar-refractivity contribution in [1.29, 1.82) is 0 Å². The van der Waals surface area contributed by atoms with Gasteiger partial charge in [-0.1, -0.05) is 22.9 Å². The van der Waals surface area contributed by atoms with Crippen molar-refractivity contribution in [3.05, 3.63) is 28.2 Å². The number of phenols is 1. The summed E-state index contributed by atoms with van der Waals surface area (Å²) in [5, 5.41) is 9.77. The molecule has 3 heteroatoms. The molecule has 0 saturated carbocycles. The molecule has 1 aromatic carbocycles. The SMILES string of the molecule is CC1CCN(Cc2cc(Br)ccc2O)CC1. The van der Waals surface area contributed by atoms with Crippen LogP contribution in [0.5, 0.6) is 5.75 Å². The largest absolute Gasteiger partial charge is 0.508 e. The zero-order valence-electron chi connectivity index (χ0n) is 9.62. The summed E-state index contributed by atoms with van der Waals surface area (Å²) in [6.07, 6.45) is 2.55. The Bertz CT molecular complexity index is 359. The quantitative estimate of drug-likeness (QED) is 0.900. The molecule has 1 fully saturated rings. The molecule has 1 aromatic rings. The molecular weight excluding hydrogens is 266 g/mol. The van der Waals surface area contributed by atoms with Gasteiger partial charge < -0.3 is 5.11 Å². The van der Waals surface area contributed by atoms with E-state index in [2.05, 4.69) is 27.8 Å². The average molecular weight is 284 g/mol. The second-order valence-electron chi connectivity index (χ2n) is 4.73. The summed E-state index contributed by atoms with van der Waals surface area (Å²) in [6, 6.07) is 5.64. The summed E-state index contributed by atoms with van der Waals surface area (Å²) in [5.41, 5.74) is 1.02. The lowest BCUT2D eigenvalue weighted by molar-refractivity contribution is 0.183. The van der Waals surface area contributed by atoms with E-state index in [-0.39, 0.29) is 0 Å². The zero-order valence-corrected chi connectivity index (χ0v) is 11.2. The second kappa shape index (κ2) is 5.19. The van der Waals surface area contributed by atoms with Gasteiger partial charge in [0.15, 0.2) is 0 Å². The maximum Gasteiger partial charge on any atom is 0.120 e. The van der Waals surface area contributed by atoms with Crippen molar-refractivity contribution in [3.63, 3.8) is 0 Å². The fourth-order valence-corrected chi connectivity index (χ4v) is 2.55. The van der Waals surface area contributed by atoms with E-state index in [4.69, 9.17) is 0 Å². The van der Waals surface area contributed by atoms with Crippen molar-refractivity contribution in [2.24, 2.45) is 5.92 Å². The molecule has 0 bridgehead atoms. The molecule has 0 unspecified atom stereocenters. The van der Waals surface area contributed by atoms with Gasteiger partial charge in [0.1, 0.15) is 5.75 Å². The third-order valence-corrected chi connectivity index (χ3v) is 3.80. The van der Waals surface area contributed by atoms with Crippen LogP contribution in [0.4, 0.5) is 0 Å². The van der Waals surface area contributed by atoms with E-state index in [1.165, 1.54) is 12.8 Å². The van der Waals surface area contributed by atoms with Gasteiger partial charge in [-0.05, 0) is 50.0 Å². The summed E-state index contributed by atoms with van der Waals surface area (Å²) >= 11 is 3.44. The van der Waals surface area contributed by atoms with E-state index in [0.29, 0.717) is 5.75 Å². The standard InChI is InChI=1S/C13H18BrNO/c1-10-4-6-15(7-5-10)9-11-8-12(14)2-3-13(11)16/h2-3,8,10,16H,4-7,9H2,1H3. The van der Waals surface area contributed by atoms with Crippen molar-refractivity contribution in [2.75, 3.05) is 13.1 Å². The molecule has 2 rings (SSSR count). The van der Waals surface area contributed by atoms with Gasteiger partial charge in [-0.2, -0.15) is 0 Å². The Hall–Kier alpha value is -0.540. The molecular formula is C13H18BrNO. The second-order valence-corrected chi connectivity index (χ2v) is 5.65. The van der Waals surface area contributed by atoms with Crippen molar-refractivity contribution in [2.45, 2.75) is 26.3 Å². The van der Waals surface area contributed by atoms with Crippen LogP contribution in [0.1, 0.15) is 25.3 Å². The molecule has 0 aliphatic carbocycles. The van der Waals surface area contributed by atoms with E-state index < -0.39 is 0 Å². The van der Waals surface area contributed by atoms with Gasteiger partial charge in [0, 0.05) is 16.6 Å². The van der Waals surface area contributed by atoms with Crippen LogP contribution in [0.2, 0.25) is 0 Å². The minimum absolute atomic E-state index is 0.404. The Kier molecular flexibility index (Phi) is 3.87. The van der Waals surface area contributed by atoms with Crippen LogP contribution in [0.25, 0.3) is 0 Å². The first-order valence-corrected chi connectivity index (χ1v) is 6.64. The van der Waals surface area contributed by atoms with Crippen molar-refractivity contribution < 1.29 is 5.11 Å². The zero-order chi connectivity index (χ0) is 11.5. The predicted molar refractivity (Wildman–Crippen MR) is 69.5 cm³/mol. The van der Waals surface area contributed by atoms with Gasteiger partial charge in [-0.25, -0.2) is 0 Å². The lowest BCUT2D eigenvalue weighted by atomic mass is 9.99. The van der Waals surface area contributed by atoms with Gasteiger partial charge in [0.05, 0.1) is 0 Å². The van der Waals surface area contributed by atoms with Crippen LogP contribution in [0, 0.1) is 5.92 Å². The predicted octanol–water partition coefficient (Wildman–Crippen LogP) is 3.39. The average Bonchev–Trinajstić information content (AvgIpc) is 2.27. The smallest absolute Gasteiger partial charge is 0.120 e. The highest BCUT2D eigenvalue weighted by Crippen LogP contribution is 2.25. The highest BCUT2D eigenvalue weighted by atomic mass is 79.9. The van der Waals surface area contributed by atoms with Crippen LogP contribution >= 0.6 is 15.9 Å². The monoisotopic (exact) mass is 283 g/mol. The Labute approximate surface area is 105 Å². The molecule has 0 amide bonds. The Balaban J connectivity index is 2.00. The fraction of sp³-hybridized carbons (Fsp3) is 0.538. The number of hydrogen-bond donors (Lipinski definition) is 1. The van der Waals surface area contributed by atoms with Gasteiger partial charge in [0.25, 0.3) is 0 Å². The number of rotatable bonds is 2. The topological polar surface area (TPSA) is 23.5 Å². The molecule has 1 aliphatic heterocycles. The molecule has 2 nitrogen and oxygen atoms in total. The third kappa shape index (κ3) is 2.98. The number of likely N-dealkylation sites (tertiary alicyclic amines) is 1. The van der Waals surface area contributed by atoms with Crippen LogP contribution in [-0.4, -0.2) is 23.1 Å². The number of nitrogens with zero attached hydrogens (tertiary/aromatic N) is 1. The van der Waals surface area contributed by atoms with Crippen LogP contribution in [0.3, 0.4) is 0 Å². The maximum absolute atomic E-state index is 9.77. The third-order valence-electron chi connectivity index (χ3n) is 3.31. The number of piperidine rings is 1. The molecule has 16 heavy (non-hydrogen) atoms. The first kappa shape index (κ1) is 11.9. The summed E-state index contributed by atoms with van der Waals surface area (Å²) < 4.78 is 1.03. The van der Waals surface area contributed by atoms with Gasteiger partial charge in [-0.15, -0.1) is 0 Å². The normalized spacial score (nSPS) is 18.9. The van der Waals surface area contributed by atoms with E-state index in [1.807, 2.05) is 12.1 Å². The van der Waals surface area contributed by atoms with Crippen molar-refractivity contribution in [3.8, 4) is 5.75 Å². The number of halogens is 1. The first-order chi connectivity index (χ1) is 7.65. The Morgan fingerprint density at radius 1 is 1.38 bits per heavy atom. The number of aromatic hydroxyl groups is 1. The molecule has 1 saturated heterocycles. The van der Waals surface area contributed by atoms with Gasteiger partial charge in [0.2, 0.25) is 0 Å². The van der Waals surface area contributed by atoms with Crippen LogP contribution < -0.4 is 0 Å². The molecule has 0 radical (unpaired) electrons. The summed E-state index contributed by atoms with van der Waals surface area (Å²) in [4.78, 5) is 2.42. The summed E-state index contributed by atoms with van der Waals surface area (Å²) in [7, 11) is 0. The maximum atomic E-state index is 9.77. The Morgan fingerprint density at radius 3 is 2.75 bits per heavy atom. The lowest BCUT2D eigenvalue weighted by Crippen LogP contribution is -2.32. The highest BCUT2D eigenvalue weighted by Gasteiger charge is 2.16. The molecule has 0 aromatic heterocycles. The first-order valence-electron chi connectivity index (χ1n) is 5.85.